The van der Waals surface area contributed by atoms with Gasteiger partial charge in [-0.05, 0) is 49.3 Å². The Hall–Kier alpha value is -1.42. The molecule has 0 atom stereocenters. The van der Waals surface area contributed by atoms with E-state index in [9.17, 15) is 9.18 Å². The second-order valence-electron chi connectivity index (χ2n) is 4.79. The van der Waals surface area contributed by atoms with E-state index in [1.54, 1.807) is 12.1 Å². The summed E-state index contributed by atoms with van der Waals surface area (Å²) in [6, 6.07) is 6.42. The molecule has 2 rings (SSSR count). The van der Waals surface area contributed by atoms with Gasteiger partial charge in [0.25, 0.3) is 0 Å². The topological polar surface area (TPSA) is 63.3 Å². The smallest absolute Gasteiger partial charge is 0.323 e. The third kappa shape index (κ3) is 2.47. The number of carboxylic acid groups (broad SMARTS) is 1. The Labute approximate surface area is 99.4 Å². The molecule has 1 aliphatic rings. The lowest BCUT2D eigenvalue weighted by atomic mass is 9.75. The van der Waals surface area contributed by atoms with Gasteiger partial charge in [0, 0.05) is 0 Å². The summed E-state index contributed by atoms with van der Waals surface area (Å²) < 4.78 is 12.8. The van der Waals surface area contributed by atoms with Crippen LogP contribution in [0.5, 0.6) is 0 Å². The van der Waals surface area contributed by atoms with Crippen molar-refractivity contribution in [2.75, 3.05) is 0 Å². The fraction of sp³-hybridized carbons (Fsp3) is 0.462. The third-order valence-electron chi connectivity index (χ3n) is 3.65. The quantitative estimate of drug-likeness (QED) is 0.829. The predicted octanol–water partition coefficient (Wildman–Crippen LogP) is 2.27. The molecule has 0 amide bonds. The van der Waals surface area contributed by atoms with Crippen molar-refractivity contribution in [1.82, 2.24) is 0 Å². The number of nitrogens with two attached hydrogens (primary N) is 1. The Balaban J connectivity index is 2.04. The lowest BCUT2D eigenvalue weighted by Gasteiger charge is -2.33. The first-order valence-corrected chi connectivity index (χ1v) is 5.79. The van der Waals surface area contributed by atoms with Crippen LogP contribution < -0.4 is 5.73 Å². The highest BCUT2D eigenvalue weighted by atomic mass is 19.1. The maximum absolute atomic E-state index is 12.8. The molecule has 1 aromatic rings. The molecule has 0 heterocycles. The summed E-state index contributed by atoms with van der Waals surface area (Å²) in [6.45, 7) is 0. The maximum Gasteiger partial charge on any atom is 0.323 e. The number of benzene rings is 1. The monoisotopic (exact) mass is 237 g/mol. The number of halogens is 1. The van der Waals surface area contributed by atoms with Gasteiger partial charge in [0.05, 0.1) is 0 Å². The molecule has 1 saturated carbocycles. The third-order valence-corrected chi connectivity index (χ3v) is 3.65. The van der Waals surface area contributed by atoms with Crippen molar-refractivity contribution in [2.24, 2.45) is 5.73 Å². The predicted molar refractivity (Wildman–Crippen MR) is 62.2 cm³/mol. The van der Waals surface area contributed by atoms with Crippen molar-refractivity contribution in [3.63, 3.8) is 0 Å². The molecule has 1 fully saturated rings. The van der Waals surface area contributed by atoms with Gasteiger partial charge in [0.15, 0.2) is 0 Å². The second kappa shape index (κ2) is 4.45. The van der Waals surface area contributed by atoms with Gasteiger partial charge >= 0.3 is 5.97 Å². The highest BCUT2D eigenvalue weighted by molar-refractivity contribution is 5.78. The Morgan fingerprint density at radius 1 is 1.29 bits per heavy atom. The molecule has 0 unspecified atom stereocenters. The van der Waals surface area contributed by atoms with Crippen LogP contribution >= 0.6 is 0 Å². The van der Waals surface area contributed by atoms with Gasteiger partial charge < -0.3 is 10.8 Å². The fourth-order valence-electron chi connectivity index (χ4n) is 2.42. The fourth-order valence-corrected chi connectivity index (χ4v) is 2.42. The highest BCUT2D eigenvalue weighted by Gasteiger charge is 2.38. The SMILES string of the molecule is NC1(C(=O)O)CCC(c2ccc(F)cc2)CC1. The molecule has 0 aromatic heterocycles. The lowest BCUT2D eigenvalue weighted by Crippen LogP contribution is -2.50. The molecule has 3 nitrogen and oxygen atoms in total. The standard InChI is InChI=1S/C13H16FNO2/c14-11-3-1-9(2-4-11)10-5-7-13(15,8-6-10)12(16)17/h1-4,10H,5-8,15H2,(H,16,17). The first-order valence-electron chi connectivity index (χ1n) is 5.79. The van der Waals surface area contributed by atoms with Crippen molar-refractivity contribution in [1.29, 1.82) is 0 Å². The molecule has 0 saturated heterocycles. The zero-order valence-corrected chi connectivity index (χ0v) is 9.53. The van der Waals surface area contributed by atoms with Crippen LogP contribution in [0.15, 0.2) is 24.3 Å². The summed E-state index contributed by atoms with van der Waals surface area (Å²) in [4.78, 5) is 11.0. The van der Waals surface area contributed by atoms with Crippen molar-refractivity contribution < 1.29 is 14.3 Å². The van der Waals surface area contributed by atoms with Crippen LogP contribution in [0.4, 0.5) is 4.39 Å². The molecule has 17 heavy (non-hydrogen) atoms. The van der Waals surface area contributed by atoms with E-state index in [0.29, 0.717) is 18.8 Å². The molecule has 0 bridgehead atoms. The summed E-state index contributed by atoms with van der Waals surface area (Å²) in [5.74, 6) is -0.870. The summed E-state index contributed by atoms with van der Waals surface area (Å²) >= 11 is 0. The van der Waals surface area contributed by atoms with E-state index in [0.717, 1.165) is 18.4 Å². The number of aliphatic carboxylic acids is 1. The first-order chi connectivity index (χ1) is 8.01. The van der Waals surface area contributed by atoms with Gasteiger partial charge in [-0.25, -0.2) is 4.39 Å². The van der Waals surface area contributed by atoms with Crippen LogP contribution in [0.1, 0.15) is 37.2 Å². The normalized spacial score (nSPS) is 28.9. The second-order valence-corrected chi connectivity index (χ2v) is 4.79. The van der Waals surface area contributed by atoms with Gasteiger partial charge in [0.2, 0.25) is 0 Å². The number of carboxylic acids is 1. The summed E-state index contributed by atoms with van der Waals surface area (Å²) in [5.41, 5.74) is 5.80. The van der Waals surface area contributed by atoms with Gasteiger partial charge in [-0.2, -0.15) is 0 Å². The van der Waals surface area contributed by atoms with E-state index in [1.807, 2.05) is 0 Å². The van der Waals surface area contributed by atoms with Crippen LogP contribution in [-0.4, -0.2) is 16.6 Å². The van der Waals surface area contributed by atoms with Crippen LogP contribution in [0, 0.1) is 5.82 Å². The van der Waals surface area contributed by atoms with Crippen molar-refractivity contribution in [3.05, 3.63) is 35.6 Å². The van der Waals surface area contributed by atoms with Crippen LogP contribution in [0.25, 0.3) is 0 Å². The molecule has 0 spiro atoms. The van der Waals surface area contributed by atoms with E-state index in [2.05, 4.69) is 0 Å². The zero-order valence-electron chi connectivity index (χ0n) is 9.53. The Kier molecular flexibility index (Phi) is 3.15. The molecule has 0 aliphatic heterocycles. The highest BCUT2D eigenvalue weighted by Crippen LogP contribution is 2.36. The summed E-state index contributed by atoms with van der Waals surface area (Å²) in [5, 5.41) is 9.02. The zero-order chi connectivity index (χ0) is 12.5. The molecule has 92 valence electrons. The van der Waals surface area contributed by atoms with E-state index in [1.165, 1.54) is 12.1 Å². The van der Waals surface area contributed by atoms with Crippen molar-refractivity contribution in [3.8, 4) is 0 Å². The summed E-state index contributed by atoms with van der Waals surface area (Å²) in [7, 11) is 0. The molecule has 1 aromatic carbocycles. The van der Waals surface area contributed by atoms with Crippen LogP contribution in [0.2, 0.25) is 0 Å². The lowest BCUT2D eigenvalue weighted by molar-refractivity contribution is -0.144. The van der Waals surface area contributed by atoms with Crippen LogP contribution in [-0.2, 0) is 4.79 Å². The Morgan fingerprint density at radius 2 is 1.82 bits per heavy atom. The molecule has 1 aliphatic carbocycles. The van der Waals surface area contributed by atoms with Gasteiger partial charge in [-0.1, -0.05) is 12.1 Å². The van der Waals surface area contributed by atoms with Gasteiger partial charge in [-0.15, -0.1) is 0 Å². The Morgan fingerprint density at radius 3 is 2.29 bits per heavy atom. The molecular formula is C13H16FNO2. The van der Waals surface area contributed by atoms with E-state index in [-0.39, 0.29) is 5.82 Å². The number of carbonyl (C=O) groups is 1. The number of hydrogen-bond acceptors (Lipinski definition) is 2. The first kappa shape index (κ1) is 12.0. The van der Waals surface area contributed by atoms with Crippen LogP contribution in [0.3, 0.4) is 0 Å². The maximum atomic E-state index is 12.8. The minimum absolute atomic E-state index is 0.247. The van der Waals surface area contributed by atoms with Crippen molar-refractivity contribution in [2.45, 2.75) is 37.1 Å². The Bertz CT molecular complexity index is 408. The molecule has 0 radical (unpaired) electrons. The molecular weight excluding hydrogens is 221 g/mol. The van der Waals surface area contributed by atoms with E-state index in [4.69, 9.17) is 10.8 Å². The summed E-state index contributed by atoms with van der Waals surface area (Å²) in [6.07, 6.45) is 2.44. The van der Waals surface area contributed by atoms with E-state index < -0.39 is 11.5 Å². The van der Waals surface area contributed by atoms with Gasteiger partial charge in [0.1, 0.15) is 11.4 Å². The van der Waals surface area contributed by atoms with E-state index >= 15 is 0 Å². The van der Waals surface area contributed by atoms with Crippen molar-refractivity contribution >= 4 is 5.97 Å². The minimum Gasteiger partial charge on any atom is -0.480 e. The molecule has 3 N–H and O–H groups in total. The number of hydrogen-bond donors (Lipinski definition) is 2. The minimum atomic E-state index is -1.07. The van der Waals surface area contributed by atoms with Gasteiger partial charge in [-0.3, -0.25) is 4.79 Å². The average molecular weight is 237 g/mol. The average Bonchev–Trinajstić information content (AvgIpc) is 2.31. The molecule has 4 heteroatoms. The number of rotatable bonds is 2. The largest absolute Gasteiger partial charge is 0.480 e.